The highest BCUT2D eigenvalue weighted by Gasteiger charge is 2.07. The zero-order valence-corrected chi connectivity index (χ0v) is 18.4. The number of halogens is 2. The number of hydrogen-bond acceptors (Lipinski definition) is 3. The van der Waals surface area contributed by atoms with Gasteiger partial charge in [-0.15, -0.1) is 24.0 Å². The van der Waals surface area contributed by atoms with Crippen molar-refractivity contribution in [2.24, 2.45) is 4.99 Å². The molecule has 0 aliphatic carbocycles. The molecule has 0 bridgehead atoms. The molecule has 0 saturated carbocycles. The molecule has 0 atom stereocenters. The normalized spacial score (nSPS) is 10.7. The highest BCUT2D eigenvalue weighted by Crippen LogP contribution is 2.16. The molecule has 8 heteroatoms. The van der Waals surface area contributed by atoms with E-state index in [1.165, 1.54) is 6.07 Å². The predicted octanol–water partition coefficient (Wildman–Crippen LogP) is 3.61. The summed E-state index contributed by atoms with van der Waals surface area (Å²) in [5, 5.41) is 8.92. The van der Waals surface area contributed by atoms with Crippen LogP contribution in [0.4, 0.5) is 10.1 Å². The largest absolute Gasteiger partial charge is 0.352 e. The number of hydrogen-bond donors (Lipinski definition) is 3. The molecule has 0 aliphatic heterocycles. The Hall–Kier alpha value is -1.81. The van der Waals surface area contributed by atoms with Crippen LogP contribution in [-0.2, 0) is 17.1 Å². The molecule has 146 valence electrons. The van der Waals surface area contributed by atoms with Crippen LogP contribution in [0.15, 0.2) is 53.5 Å². The number of benzene rings is 2. The maximum Gasteiger partial charge on any atom is 0.243 e. The SMILES string of the molecule is CN=C(NCC(=O)Nc1ccccc1)NCc1ccc(F)cc1CSC.I. The maximum absolute atomic E-state index is 13.4. The first-order valence-electron chi connectivity index (χ1n) is 8.18. The van der Waals surface area contributed by atoms with Crippen LogP contribution in [0.5, 0.6) is 0 Å². The number of nitrogens with zero attached hydrogens (tertiary/aromatic N) is 1. The summed E-state index contributed by atoms with van der Waals surface area (Å²) in [4.78, 5) is 16.1. The van der Waals surface area contributed by atoms with E-state index in [1.54, 1.807) is 30.9 Å². The summed E-state index contributed by atoms with van der Waals surface area (Å²) in [6.45, 7) is 0.589. The van der Waals surface area contributed by atoms with Crippen LogP contribution in [0.3, 0.4) is 0 Å². The van der Waals surface area contributed by atoms with Crippen molar-refractivity contribution in [1.82, 2.24) is 10.6 Å². The molecule has 0 spiro atoms. The minimum Gasteiger partial charge on any atom is -0.352 e. The number of carbonyl (C=O) groups excluding carboxylic acids is 1. The first-order valence-corrected chi connectivity index (χ1v) is 9.57. The molecule has 1 amide bonds. The number of aliphatic imine (C=N–C) groups is 1. The van der Waals surface area contributed by atoms with Gasteiger partial charge < -0.3 is 16.0 Å². The predicted molar refractivity (Wildman–Crippen MR) is 122 cm³/mol. The third-order valence-electron chi connectivity index (χ3n) is 3.61. The monoisotopic (exact) mass is 502 g/mol. The number of amides is 1. The van der Waals surface area contributed by atoms with Gasteiger partial charge in [-0.2, -0.15) is 11.8 Å². The highest BCUT2D eigenvalue weighted by molar-refractivity contribution is 14.0. The van der Waals surface area contributed by atoms with Crippen LogP contribution in [0.25, 0.3) is 0 Å². The first-order chi connectivity index (χ1) is 12.6. The quantitative estimate of drug-likeness (QED) is 0.308. The molecular formula is C19H24FIN4OS. The van der Waals surface area contributed by atoms with E-state index in [0.29, 0.717) is 12.5 Å². The van der Waals surface area contributed by atoms with Crippen LogP contribution in [0, 0.1) is 5.82 Å². The summed E-state index contributed by atoms with van der Waals surface area (Å²) in [6.07, 6.45) is 1.98. The zero-order chi connectivity index (χ0) is 18.8. The molecule has 0 unspecified atom stereocenters. The summed E-state index contributed by atoms with van der Waals surface area (Å²) in [7, 11) is 1.64. The van der Waals surface area contributed by atoms with Gasteiger partial charge >= 0.3 is 0 Å². The molecule has 0 fully saturated rings. The number of nitrogens with one attached hydrogen (secondary N) is 3. The molecule has 0 heterocycles. The Morgan fingerprint density at radius 2 is 1.85 bits per heavy atom. The molecule has 2 rings (SSSR count). The Morgan fingerprint density at radius 3 is 2.52 bits per heavy atom. The molecule has 0 aromatic heterocycles. The van der Waals surface area contributed by atoms with Crippen molar-refractivity contribution in [2.45, 2.75) is 12.3 Å². The molecule has 3 N–H and O–H groups in total. The Bertz CT molecular complexity index is 759. The van der Waals surface area contributed by atoms with E-state index in [9.17, 15) is 9.18 Å². The third kappa shape index (κ3) is 8.17. The van der Waals surface area contributed by atoms with Crippen molar-refractivity contribution < 1.29 is 9.18 Å². The third-order valence-corrected chi connectivity index (χ3v) is 4.21. The van der Waals surface area contributed by atoms with Crippen molar-refractivity contribution in [3.8, 4) is 0 Å². The Kier molecular flexibility index (Phi) is 10.8. The molecule has 5 nitrogen and oxygen atoms in total. The smallest absolute Gasteiger partial charge is 0.243 e. The van der Waals surface area contributed by atoms with Gasteiger partial charge in [0, 0.05) is 25.0 Å². The second-order valence-corrected chi connectivity index (χ2v) is 6.41. The highest BCUT2D eigenvalue weighted by atomic mass is 127. The minimum absolute atomic E-state index is 0. The van der Waals surface area contributed by atoms with Gasteiger partial charge in [0.15, 0.2) is 5.96 Å². The zero-order valence-electron chi connectivity index (χ0n) is 15.3. The van der Waals surface area contributed by atoms with E-state index < -0.39 is 0 Å². The van der Waals surface area contributed by atoms with Crippen LogP contribution < -0.4 is 16.0 Å². The maximum atomic E-state index is 13.4. The Morgan fingerprint density at radius 1 is 1.11 bits per heavy atom. The van der Waals surface area contributed by atoms with E-state index in [2.05, 4.69) is 20.9 Å². The average molecular weight is 502 g/mol. The first kappa shape index (κ1) is 23.2. The van der Waals surface area contributed by atoms with E-state index >= 15 is 0 Å². The van der Waals surface area contributed by atoms with E-state index in [0.717, 1.165) is 22.6 Å². The van der Waals surface area contributed by atoms with Crippen LogP contribution in [0.1, 0.15) is 11.1 Å². The summed E-state index contributed by atoms with van der Waals surface area (Å²) in [5.74, 6) is 0.842. The van der Waals surface area contributed by atoms with Gasteiger partial charge in [-0.1, -0.05) is 24.3 Å². The van der Waals surface area contributed by atoms with Gasteiger partial charge in [0.1, 0.15) is 5.82 Å². The van der Waals surface area contributed by atoms with Gasteiger partial charge in [0.05, 0.1) is 6.54 Å². The number of thioether (sulfide) groups is 1. The molecule has 0 saturated heterocycles. The molecule has 0 aliphatic rings. The molecule has 2 aromatic rings. The second kappa shape index (κ2) is 12.6. The van der Waals surface area contributed by atoms with Crippen molar-refractivity contribution in [3.63, 3.8) is 0 Å². The molecule has 0 radical (unpaired) electrons. The van der Waals surface area contributed by atoms with E-state index in [4.69, 9.17) is 0 Å². The van der Waals surface area contributed by atoms with Gasteiger partial charge in [-0.05, 0) is 41.6 Å². The molecule has 27 heavy (non-hydrogen) atoms. The lowest BCUT2D eigenvalue weighted by Crippen LogP contribution is -2.41. The second-order valence-electron chi connectivity index (χ2n) is 5.54. The minimum atomic E-state index is -0.238. The number of carbonyl (C=O) groups is 1. The van der Waals surface area contributed by atoms with Gasteiger partial charge in [-0.25, -0.2) is 4.39 Å². The van der Waals surface area contributed by atoms with Gasteiger partial charge in [-0.3, -0.25) is 9.79 Å². The van der Waals surface area contributed by atoms with Crippen molar-refractivity contribution in [1.29, 1.82) is 0 Å². The lowest BCUT2D eigenvalue weighted by Gasteiger charge is -2.14. The number of para-hydroxylation sites is 1. The van der Waals surface area contributed by atoms with Crippen molar-refractivity contribution in [2.75, 3.05) is 25.2 Å². The van der Waals surface area contributed by atoms with Crippen molar-refractivity contribution in [3.05, 3.63) is 65.5 Å². The summed E-state index contributed by atoms with van der Waals surface area (Å²) < 4.78 is 13.4. The molecule has 2 aromatic carbocycles. The summed E-state index contributed by atoms with van der Waals surface area (Å²) >= 11 is 1.64. The van der Waals surface area contributed by atoms with E-state index in [-0.39, 0.29) is 42.2 Å². The fourth-order valence-corrected chi connectivity index (χ4v) is 2.93. The average Bonchev–Trinajstić information content (AvgIpc) is 2.64. The number of anilines is 1. The standard InChI is InChI=1S/C19H23FN4OS.HI/c1-21-19(23-12-18(25)24-17-6-4-3-5-7-17)22-11-14-8-9-16(20)10-15(14)13-26-2;/h3-10H,11-13H2,1-2H3,(H,24,25)(H2,21,22,23);1H. The van der Waals surface area contributed by atoms with E-state index in [1.807, 2.05) is 36.6 Å². The number of guanidine groups is 1. The summed E-state index contributed by atoms with van der Waals surface area (Å²) in [5.41, 5.74) is 2.69. The van der Waals surface area contributed by atoms with Crippen molar-refractivity contribution >= 4 is 53.3 Å². The fourth-order valence-electron chi connectivity index (χ4n) is 2.35. The van der Waals surface area contributed by atoms with Crippen LogP contribution in [0.2, 0.25) is 0 Å². The van der Waals surface area contributed by atoms with Crippen LogP contribution in [-0.4, -0.2) is 31.7 Å². The Balaban J connectivity index is 0.00000364. The van der Waals surface area contributed by atoms with Crippen LogP contribution >= 0.6 is 35.7 Å². The Labute approximate surface area is 180 Å². The topological polar surface area (TPSA) is 65.5 Å². The summed E-state index contributed by atoms with van der Waals surface area (Å²) in [6, 6.07) is 14.0. The van der Waals surface area contributed by atoms with Gasteiger partial charge in [0.2, 0.25) is 5.91 Å². The lowest BCUT2D eigenvalue weighted by atomic mass is 10.1. The molecular weight excluding hydrogens is 478 g/mol. The number of rotatable bonds is 7. The lowest BCUT2D eigenvalue weighted by molar-refractivity contribution is -0.115. The fraction of sp³-hybridized carbons (Fsp3) is 0.263. The van der Waals surface area contributed by atoms with Gasteiger partial charge in [0.25, 0.3) is 0 Å².